The van der Waals surface area contributed by atoms with E-state index < -0.39 is 9.84 Å². The van der Waals surface area contributed by atoms with Gasteiger partial charge < -0.3 is 14.7 Å². The molecule has 0 saturated carbocycles. The Bertz CT molecular complexity index is 732. The number of amides is 1. The van der Waals surface area contributed by atoms with Gasteiger partial charge in [0.05, 0.1) is 48.4 Å². The largest absolute Gasteiger partial charge is 0.359 e. The van der Waals surface area contributed by atoms with Crippen LogP contribution in [0.15, 0.2) is 24.3 Å². The summed E-state index contributed by atoms with van der Waals surface area (Å²) in [7, 11) is -1.24. The van der Waals surface area contributed by atoms with Crippen molar-refractivity contribution in [1.29, 1.82) is 0 Å². The van der Waals surface area contributed by atoms with Crippen LogP contribution in [0.1, 0.15) is 6.42 Å². The number of nitrogens with one attached hydrogen (secondary N) is 1. The van der Waals surface area contributed by atoms with Gasteiger partial charge in [-0.25, -0.2) is 8.42 Å². The topological polar surface area (TPSA) is 62.1 Å². The zero-order valence-electron chi connectivity index (χ0n) is 14.4. The number of rotatable bonds is 4. The number of hydrogen-bond donors (Lipinski definition) is 1. The average Bonchev–Trinajstić information content (AvgIpc) is 2.95. The number of nitrogens with zero attached hydrogens (tertiary/aromatic N) is 2. The molecule has 0 radical (unpaired) electrons. The van der Waals surface area contributed by atoms with Crippen LogP contribution in [0.3, 0.4) is 0 Å². The van der Waals surface area contributed by atoms with E-state index >= 15 is 0 Å². The molecule has 2 heterocycles. The third-order valence-corrected chi connectivity index (χ3v) is 7.28. The summed E-state index contributed by atoms with van der Waals surface area (Å²) in [5.74, 6) is 0.326. The molecule has 2 fully saturated rings. The quantitative estimate of drug-likeness (QED) is 0.771. The predicted octanol–water partition coefficient (Wildman–Crippen LogP) is -0.310. The first-order valence-corrected chi connectivity index (χ1v) is 10.8. The molecule has 25 heavy (non-hydrogen) atoms. The van der Waals surface area contributed by atoms with E-state index in [1.165, 1.54) is 4.90 Å². The molecule has 1 aromatic rings. The Morgan fingerprint density at radius 3 is 2.60 bits per heavy atom. The van der Waals surface area contributed by atoms with Gasteiger partial charge in [0, 0.05) is 13.1 Å². The summed E-state index contributed by atoms with van der Waals surface area (Å²) < 4.78 is 23.2. The highest BCUT2D eigenvalue weighted by molar-refractivity contribution is 7.91. The maximum Gasteiger partial charge on any atom is 0.277 e. The number of carbonyl (C=O) groups excluding carboxylic acids is 1. The summed E-state index contributed by atoms with van der Waals surface area (Å²) in [5.41, 5.74) is 1.04. The number of sulfone groups is 1. The van der Waals surface area contributed by atoms with Gasteiger partial charge in [0.25, 0.3) is 5.91 Å². The number of quaternary nitrogens is 1. The van der Waals surface area contributed by atoms with Crippen LogP contribution >= 0.6 is 11.6 Å². The number of likely N-dealkylation sites (N-methyl/N-ethyl adjacent to an activating group) is 1. The Morgan fingerprint density at radius 2 is 2.00 bits per heavy atom. The Kier molecular flexibility index (Phi) is 5.55. The van der Waals surface area contributed by atoms with Crippen molar-refractivity contribution in [2.45, 2.75) is 12.5 Å². The number of piperazine rings is 1. The molecule has 0 bridgehead atoms. The Balaban J connectivity index is 1.50. The van der Waals surface area contributed by atoms with Crippen molar-refractivity contribution in [2.24, 2.45) is 0 Å². The van der Waals surface area contributed by atoms with E-state index in [0.717, 1.165) is 36.9 Å². The highest BCUT2D eigenvalue weighted by atomic mass is 35.5. The van der Waals surface area contributed by atoms with Gasteiger partial charge in [0.1, 0.15) is 0 Å². The third kappa shape index (κ3) is 4.46. The fourth-order valence-electron chi connectivity index (χ4n) is 3.57. The van der Waals surface area contributed by atoms with E-state index in [2.05, 4.69) is 4.90 Å². The highest BCUT2D eigenvalue weighted by Gasteiger charge is 2.34. The van der Waals surface area contributed by atoms with Crippen LogP contribution in [0.4, 0.5) is 5.69 Å². The molecule has 2 aliphatic heterocycles. The van der Waals surface area contributed by atoms with Crippen molar-refractivity contribution >= 4 is 33.0 Å². The van der Waals surface area contributed by atoms with Gasteiger partial charge in [-0.3, -0.25) is 4.79 Å². The van der Waals surface area contributed by atoms with Gasteiger partial charge in [0.15, 0.2) is 16.4 Å². The molecule has 2 aliphatic rings. The van der Waals surface area contributed by atoms with Crippen molar-refractivity contribution in [2.75, 3.05) is 56.2 Å². The van der Waals surface area contributed by atoms with E-state index in [0.29, 0.717) is 13.0 Å². The maximum atomic E-state index is 12.5. The number of carbonyl (C=O) groups is 1. The average molecular weight is 387 g/mol. The molecule has 1 N–H and O–H groups in total. The first kappa shape index (κ1) is 18.5. The van der Waals surface area contributed by atoms with E-state index in [1.54, 1.807) is 11.9 Å². The van der Waals surface area contributed by atoms with Crippen molar-refractivity contribution in [3.63, 3.8) is 0 Å². The molecule has 1 atom stereocenters. The van der Waals surface area contributed by atoms with Crippen molar-refractivity contribution in [1.82, 2.24) is 4.90 Å². The number of halogens is 1. The van der Waals surface area contributed by atoms with Crippen molar-refractivity contribution < 1.29 is 18.1 Å². The van der Waals surface area contributed by atoms with Crippen LogP contribution in [0.5, 0.6) is 0 Å². The van der Waals surface area contributed by atoms with E-state index in [-0.39, 0.29) is 23.5 Å². The van der Waals surface area contributed by atoms with Crippen LogP contribution in [-0.4, -0.2) is 76.5 Å². The number of para-hydroxylation sites is 1. The molecule has 0 aliphatic carbocycles. The predicted molar refractivity (Wildman–Crippen MR) is 99.1 cm³/mol. The lowest BCUT2D eigenvalue weighted by molar-refractivity contribution is -0.892. The lowest BCUT2D eigenvalue weighted by Crippen LogP contribution is -3.16. The Labute approximate surface area is 154 Å². The van der Waals surface area contributed by atoms with Gasteiger partial charge in [-0.2, -0.15) is 0 Å². The van der Waals surface area contributed by atoms with Crippen LogP contribution in [0, 0.1) is 0 Å². The van der Waals surface area contributed by atoms with Gasteiger partial charge >= 0.3 is 0 Å². The molecule has 0 aromatic heterocycles. The fraction of sp³-hybridized carbons (Fsp3) is 0.588. The van der Waals surface area contributed by atoms with Gasteiger partial charge in [0.2, 0.25) is 0 Å². The monoisotopic (exact) mass is 386 g/mol. The zero-order chi connectivity index (χ0) is 18.0. The molecule has 138 valence electrons. The molecule has 0 unspecified atom stereocenters. The standard InChI is InChI=1S/C17H24ClN3O3S/c1-19(14-6-11-25(23,24)13-14)17(22)12-20-7-9-21(10-8-20)16-5-3-2-4-15(16)18/h2-5,14H,6-13H2,1H3/p+1/t14-/m0/s1. The lowest BCUT2D eigenvalue weighted by atomic mass is 10.2. The number of benzene rings is 1. The fourth-order valence-corrected chi connectivity index (χ4v) is 5.60. The molecule has 3 rings (SSSR count). The molecule has 1 amide bonds. The van der Waals surface area contributed by atoms with Crippen LogP contribution in [-0.2, 0) is 14.6 Å². The lowest BCUT2D eigenvalue weighted by Gasteiger charge is -2.34. The zero-order valence-corrected chi connectivity index (χ0v) is 16.0. The van der Waals surface area contributed by atoms with E-state index in [9.17, 15) is 13.2 Å². The molecule has 8 heteroatoms. The van der Waals surface area contributed by atoms with Crippen LogP contribution < -0.4 is 9.80 Å². The maximum absolute atomic E-state index is 12.5. The SMILES string of the molecule is CN(C(=O)C[NH+]1CCN(c2ccccc2Cl)CC1)[C@H]1CCS(=O)(=O)C1. The van der Waals surface area contributed by atoms with Gasteiger partial charge in [-0.15, -0.1) is 0 Å². The first-order chi connectivity index (χ1) is 11.9. The van der Waals surface area contributed by atoms with Gasteiger partial charge in [-0.1, -0.05) is 23.7 Å². The second kappa shape index (κ2) is 7.51. The minimum Gasteiger partial charge on any atom is -0.359 e. The van der Waals surface area contributed by atoms with Crippen LogP contribution in [0.2, 0.25) is 5.02 Å². The summed E-state index contributed by atoms with van der Waals surface area (Å²) in [4.78, 5) is 17.6. The molecular weight excluding hydrogens is 362 g/mol. The van der Waals surface area contributed by atoms with Gasteiger partial charge in [-0.05, 0) is 18.6 Å². The molecule has 6 nitrogen and oxygen atoms in total. The summed E-state index contributed by atoms with van der Waals surface area (Å²) in [6, 6.07) is 7.65. The molecule has 0 spiro atoms. The second-order valence-electron chi connectivity index (χ2n) is 6.93. The molecule has 1 aromatic carbocycles. The summed E-state index contributed by atoms with van der Waals surface area (Å²) in [5, 5.41) is 0.754. The highest BCUT2D eigenvalue weighted by Crippen LogP contribution is 2.24. The third-order valence-electron chi connectivity index (χ3n) is 5.21. The van der Waals surface area contributed by atoms with Crippen LogP contribution in [0.25, 0.3) is 0 Å². The van der Waals surface area contributed by atoms with E-state index in [4.69, 9.17) is 11.6 Å². The minimum absolute atomic E-state index is 0.0308. The number of hydrogen-bond acceptors (Lipinski definition) is 4. The minimum atomic E-state index is -2.97. The summed E-state index contributed by atoms with van der Waals surface area (Å²) in [6.45, 7) is 3.87. The second-order valence-corrected chi connectivity index (χ2v) is 9.56. The Hall–Kier alpha value is -1.31. The Morgan fingerprint density at radius 1 is 1.32 bits per heavy atom. The molecule has 2 saturated heterocycles. The summed E-state index contributed by atoms with van der Waals surface area (Å²) in [6.07, 6.45) is 0.556. The van der Waals surface area contributed by atoms with Crippen molar-refractivity contribution in [3.05, 3.63) is 29.3 Å². The number of anilines is 1. The smallest absolute Gasteiger partial charge is 0.277 e. The van der Waals surface area contributed by atoms with Crippen molar-refractivity contribution in [3.8, 4) is 0 Å². The first-order valence-electron chi connectivity index (χ1n) is 8.65. The molecular formula is C17H25ClN3O3S+. The normalized spacial score (nSPS) is 23.6. The van der Waals surface area contributed by atoms with E-state index in [1.807, 2.05) is 24.3 Å². The summed E-state index contributed by atoms with van der Waals surface area (Å²) >= 11 is 6.26.